The van der Waals surface area contributed by atoms with Crippen molar-refractivity contribution in [2.75, 3.05) is 24.5 Å². The molecule has 29 heavy (non-hydrogen) atoms. The molecule has 2 N–H and O–H groups in total. The quantitative estimate of drug-likeness (QED) is 0.497. The highest BCUT2D eigenvalue weighted by Gasteiger charge is 2.23. The molecule has 150 valence electrons. The van der Waals surface area contributed by atoms with E-state index in [0.717, 1.165) is 49.0 Å². The van der Waals surface area contributed by atoms with Crippen molar-refractivity contribution in [1.29, 1.82) is 0 Å². The molecule has 4 rings (SSSR count). The van der Waals surface area contributed by atoms with Crippen molar-refractivity contribution in [2.24, 2.45) is 4.99 Å². The first-order valence-electron chi connectivity index (χ1n) is 10.2. The van der Waals surface area contributed by atoms with E-state index >= 15 is 0 Å². The zero-order valence-electron chi connectivity index (χ0n) is 16.7. The van der Waals surface area contributed by atoms with E-state index in [2.05, 4.69) is 57.9 Å². The summed E-state index contributed by atoms with van der Waals surface area (Å²) >= 11 is 0. The SMILES string of the molecule is CCNC(=NCc1cc(-c2ccccc2)on1)NC1CCN(c2ccccc2)C1. The second kappa shape index (κ2) is 9.28. The molecule has 0 saturated carbocycles. The van der Waals surface area contributed by atoms with E-state index in [0.29, 0.717) is 12.6 Å². The summed E-state index contributed by atoms with van der Waals surface area (Å²) in [6.07, 6.45) is 1.08. The average Bonchev–Trinajstić information content (AvgIpc) is 3.43. The van der Waals surface area contributed by atoms with Crippen LogP contribution in [0.3, 0.4) is 0 Å². The Morgan fingerprint density at radius 3 is 2.66 bits per heavy atom. The molecule has 1 aromatic heterocycles. The highest BCUT2D eigenvalue weighted by atomic mass is 16.5. The van der Waals surface area contributed by atoms with E-state index in [9.17, 15) is 0 Å². The van der Waals surface area contributed by atoms with Crippen molar-refractivity contribution < 1.29 is 4.52 Å². The van der Waals surface area contributed by atoms with Gasteiger partial charge in [0.15, 0.2) is 11.7 Å². The number of anilines is 1. The molecule has 0 spiro atoms. The molecule has 1 unspecified atom stereocenters. The van der Waals surface area contributed by atoms with Crippen LogP contribution in [-0.2, 0) is 6.54 Å². The normalized spacial score (nSPS) is 16.8. The van der Waals surface area contributed by atoms with Crippen LogP contribution in [0.4, 0.5) is 5.69 Å². The monoisotopic (exact) mass is 389 g/mol. The van der Waals surface area contributed by atoms with Gasteiger partial charge in [-0.2, -0.15) is 0 Å². The number of aromatic nitrogens is 1. The van der Waals surface area contributed by atoms with Gasteiger partial charge in [-0.1, -0.05) is 53.7 Å². The first-order chi connectivity index (χ1) is 14.3. The third kappa shape index (κ3) is 4.96. The maximum absolute atomic E-state index is 5.47. The minimum atomic E-state index is 0.366. The number of nitrogens with one attached hydrogen (secondary N) is 2. The molecule has 1 aliphatic heterocycles. The van der Waals surface area contributed by atoms with E-state index in [-0.39, 0.29) is 0 Å². The molecule has 0 aliphatic carbocycles. The molecular formula is C23H27N5O. The molecule has 0 bridgehead atoms. The lowest BCUT2D eigenvalue weighted by Gasteiger charge is -2.20. The molecule has 6 heteroatoms. The van der Waals surface area contributed by atoms with Crippen molar-refractivity contribution in [1.82, 2.24) is 15.8 Å². The van der Waals surface area contributed by atoms with Gasteiger partial charge in [0, 0.05) is 43.0 Å². The van der Waals surface area contributed by atoms with Gasteiger partial charge in [-0.15, -0.1) is 0 Å². The molecule has 1 saturated heterocycles. The van der Waals surface area contributed by atoms with Crippen molar-refractivity contribution in [3.8, 4) is 11.3 Å². The summed E-state index contributed by atoms with van der Waals surface area (Å²) in [6, 6.07) is 22.9. The second-order valence-electron chi connectivity index (χ2n) is 7.16. The molecule has 2 heterocycles. The average molecular weight is 390 g/mol. The Bertz CT molecular complexity index is 923. The molecule has 0 radical (unpaired) electrons. The van der Waals surface area contributed by atoms with E-state index in [1.54, 1.807) is 0 Å². The fourth-order valence-corrected chi connectivity index (χ4v) is 3.55. The zero-order chi connectivity index (χ0) is 19.9. The Labute approximate surface area is 171 Å². The van der Waals surface area contributed by atoms with Crippen LogP contribution in [0.1, 0.15) is 19.0 Å². The molecule has 0 amide bonds. The van der Waals surface area contributed by atoms with Gasteiger partial charge < -0.3 is 20.1 Å². The van der Waals surface area contributed by atoms with Gasteiger partial charge in [-0.05, 0) is 25.5 Å². The van der Waals surface area contributed by atoms with Crippen LogP contribution in [0.5, 0.6) is 0 Å². The predicted octanol–water partition coefficient (Wildman–Crippen LogP) is 3.68. The van der Waals surface area contributed by atoms with E-state index in [4.69, 9.17) is 9.52 Å². The fourth-order valence-electron chi connectivity index (χ4n) is 3.55. The number of nitrogens with zero attached hydrogens (tertiary/aromatic N) is 3. The Balaban J connectivity index is 1.37. The van der Waals surface area contributed by atoms with Crippen LogP contribution in [0, 0.1) is 0 Å². The molecule has 1 aliphatic rings. The van der Waals surface area contributed by atoms with Gasteiger partial charge in [-0.3, -0.25) is 0 Å². The summed E-state index contributed by atoms with van der Waals surface area (Å²) in [7, 11) is 0. The number of rotatable bonds is 6. The molecule has 3 aromatic rings. The van der Waals surface area contributed by atoms with E-state index < -0.39 is 0 Å². The first kappa shape index (κ1) is 19.1. The molecule has 1 atom stereocenters. The Morgan fingerprint density at radius 2 is 1.90 bits per heavy atom. The summed E-state index contributed by atoms with van der Waals surface area (Å²) in [4.78, 5) is 7.11. The van der Waals surface area contributed by atoms with Crippen molar-refractivity contribution >= 4 is 11.6 Å². The van der Waals surface area contributed by atoms with Crippen LogP contribution in [0.25, 0.3) is 11.3 Å². The topological polar surface area (TPSA) is 65.7 Å². The van der Waals surface area contributed by atoms with Gasteiger partial charge in [0.05, 0.1) is 6.54 Å². The lowest BCUT2D eigenvalue weighted by atomic mass is 10.2. The van der Waals surface area contributed by atoms with Crippen molar-refractivity contribution in [3.05, 3.63) is 72.4 Å². The second-order valence-corrected chi connectivity index (χ2v) is 7.16. The summed E-state index contributed by atoms with van der Waals surface area (Å²) < 4.78 is 5.47. The molecule has 2 aromatic carbocycles. The number of hydrogen-bond donors (Lipinski definition) is 2. The van der Waals surface area contributed by atoms with Gasteiger partial charge in [0.25, 0.3) is 0 Å². The van der Waals surface area contributed by atoms with Crippen LogP contribution >= 0.6 is 0 Å². The summed E-state index contributed by atoms with van der Waals surface area (Å²) in [6.45, 7) is 5.38. The standard InChI is InChI=1S/C23H27N5O/c1-2-24-23(26-19-13-14-28(17-19)21-11-7-4-8-12-21)25-16-20-15-22(29-27-20)18-9-5-3-6-10-18/h3-12,15,19H,2,13-14,16-17H2,1H3,(H2,24,25,26). The highest BCUT2D eigenvalue weighted by molar-refractivity contribution is 5.80. The number of aliphatic imine (C=N–C) groups is 1. The largest absolute Gasteiger partial charge is 0.369 e. The van der Waals surface area contributed by atoms with Gasteiger partial charge in [-0.25, -0.2) is 4.99 Å². The van der Waals surface area contributed by atoms with E-state index in [1.165, 1.54) is 5.69 Å². The smallest absolute Gasteiger partial charge is 0.191 e. The lowest BCUT2D eigenvalue weighted by Crippen LogP contribution is -2.44. The van der Waals surface area contributed by atoms with Crippen LogP contribution < -0.4 is 15.5 Å². The zero-order valence-corrected chi connectivity index (χ0v) is 16.7. The molecular weight excluding hydrogens is 362 g/mol. The number of para-hydroxylation sites is 1. The predicted molar refractivity (Wildman–Crippen MR) is 117 cm³/mol. The van der Waals surface area contributed by atoms with Crippen LogP contribution in [-0.4, -0.2) is 36.8 Å². The summed E-state index contributed by atoms with van der Waals surface area (Å²) in [5.41, 5.74) is 3.11. The van der Waals surface area contributed by atoms with Crippen molar-refractivity contribution in [2.45, 2.75) is 25.9 Å². The summed E-state index contributed by atoms with van der Waals surface area (Å²) in [5, 5.41) is 11.1. The number of guanidine groups is 1. The number of hydrogen-bond acceptors (Lipinski definition) is 4. The highest BCUT2D eigenvalue weighted by Crippen LogP contribution is 2.21. The summed E-state index contributed by atoms with van der Waals surface area (Å²) in [5.74, 6) is 1.58. The minimum Gasteiger partial charge on any atom is -0.369 e. The van der Waals surface area contributed by atoms with Gasteiger partial charge in [0.1, 0.15) is 5.69 Å². The third-order valence-electron chi connectivity index (χ3n) is 5.01. The maximum Gasteiger partial charge on any atom is 0.191 e. The van der Waals surface area contributed by atoms with E-state index in [1.807, 2.05) is 36.4 Å². The minimum absolute atomic E-state index is 0.366. The third-order valence-corrected chi connectivity index (χ3v) is 5.01. The first-order valence-corrected chi connectivity index (χ1v) is 10.2. The molecule has 1 fully saturated rings. The van der Waals surface area contributed by atoms with Crippen LogP contribution in [0.15, 0.2) is 76.2 Å². The van der Waals surface area contributed by atoms with Crippen molar-refractivity contribution in [3.63, 3.8) is 0 Å². The maximum atomic E-state index is 5.47. The molecule has 6 nitrogen and oxygen atoms in total. The Kier molecular flexibility index (Phi) is 6.10. The van der Waals surface area contributed by atoms with Crippen LogP contribution in [0.2, 0.25) is 0 Å². The Morgan fingerprint density at radius 1 is 1.14 bits per heavy atom. The fraction of sp³-hybridized carbons (Fsp3) is 0.304. The lowest BCUT2D eigenvalue weighted by molar-refractivity contribution is 0.424. The number of benzene rings is 2. The van der Waals surface area contributed by atoms with Gasteiger partial charge >= 0.3 is 0 Å². The Hall–Kier alpha value is -3.28. The van der Waals surface area contributed by atoms with Gasteiger partial charge in [0.2, 0.25) is 0 Å².